The second kappa shape index (κ2) is 6.67. The van der Waals surface area contributed by atoms with Crippen LogP contribution in [0.3, 0.4) is 0 Å². The van der Waals surface area contributed by atoms with E-state index in [0.29, 0.717) is 18.5 Å². The van der Waals surface area contributed by atoms with Gasteiger partial charge in [0, 0.05) is 18.5 Å². The Balaban J connectivity index is 1.54. The molecule has 0 fully saturated rings. The lowest BCUT2D eigenvalue weighted by atomic mass is 10.1. The van der Waals surface area contributed by atoms with Crippen molar-refractivity contribution in [3.8, 4) is 5.75 Å². The van der Waals surface area contributed by atoms with Crippen molar-refractivity contribution >= 4 is 16.8 Å². The maximum absolute atomic E-state index is 12.7. The molecule has 1 aliphatic heterocycles. The van der Waals surface area contributed by atoms with Crippen LogP contribution in [-0.2, 0) is 19.4 Å². The molecule has 0 atom stereocenters. The number of nitrogens with one attached hydrogen (secondary N) is 1. The van der Waals surface area contributed by atoms with Gasteiger partial charge in [-0.25, -0.2) is 0 Å². The minimum Gasteiger partial charge on any atom is -0.506 e. The molecule has 4 rings (SSSR count). The van der Waals surface area contributed by atoms with E-state index < -0.39 is 11.5 Å². The Morgan fingerprint density at radius 1 is 1.12 bits per heavy atom. The van der Waals surface area contributed by atoms with Crippen molar-refractivity contribution in [3.63, 3.8) is 0 Å². The Kier molecular flexibility index (Phi) is 4.21. The van der Waals surface area contributed by atoms with Crippen LogP contribution >= 0.6 is 0 Å². The zero-order valence-electron chi connectivity index (χ0n) is 14.4. The molecule has 132 valence electrons. The van der Waals surface area contributed by atoms with Crippen molar-refractivity contribution in [3.05, 3.63) is 75.6 Å². The summed E-state index contributed by atoms with van der Waals surface area (Å²) in [4.78, 5) is 25.2. The van der Waals surface area contributed by atoms with E-state index in [2.05, 4.69) is 5.32 Å². The molecule has 2 N–H and O–H groups in total. The predicted octanol–water partition coefficient (Wildman–Crippen LogP) is 2.63. The summed E-state index contributed by atoms with van der Waals surface area (Å²) in [6.07, 6.45) is 2.36. The summed E-state index contributed by atoms with van der Waals surface area (Å²) >= 11 is 0. The van der Waals surface area contributed by atoms with Crippen molar-refractivity contribution in [1.29, 1.82) is 0 Å². The molecule has 2 heterocycles. The summed E-state index contributed by atoms with van der Waals surface area (Å²) in [5, 5.41) is 13.9. The Labute approximate surface area is 150 Å². The first-order valence-corrected chi connectivity index (χ1v) is 8.86. The second-order valence-electron chi connectivity index (χ2n) is 6.59. The van der Waals surface area contributed by atoms with Crippen molar-refractivity contribution in [2.45, 2.75) is 25.8 Å². The topological polar surface area (TPSA) is 71.3 Å². The van der Waals surface area contributed by atoms with Gasteiger partial charge in [-0.1, -0.05) is 42.5 Å². The van der Waals surface area contributed by atoms with Gasteiger partial charge in [0.1, 0.15) is 11.3 Å². The van der Waals surface area contributed by atoms with Crippen LogP contribution in [-0.4, -0.2) is 22.1 Å². The lowest BCUT2D eigenvalue weighted by Crippen LogP contribution is -2.33. The number of aryl methyl sites for hydroxylation is 3. The molecule has 5 heteroatoms. The monoisotopic (exact) mass is 348 g/mol. The summed E-state index contributed by atoms with van der Waals surface area (Å²) in [7, 11) is 0. The highest BCUT2D eigenvalue weighted by atomic mass is 16.3. The molecule has 1 amide bonds. The van der Waals surface area contributed by atoms with Gasteiger partial charge in [-0.15, -0.1) is 0 Å². The van der Waals surface area contributed by atoms with E-state index in [1.165, 1.54) is 5.56 Å². The van der Waals surface area contributed by atoms with Gasteiger partial charge in [0.2, 0.25) is 0 Å². The number of pyridine rings is 1. The Morgan fingerprint density at radius 2 is 1.92 bits per heavy atom. The number of aromatic hydroxyl groups is 1. The molecule has 0 saturated heterocycles. The molecule has 0 unspecified atom stereocenters. The molecule has 0 radical (unpaired) electrons. The number of carbonyl (C=O) groups excluding carboxylic acids is 1. The fourth-order valence-electron chi connectivity index (χ4n) is 3.65. The van der Waals surface area contributed by atoms with E-state index in [1.54, 1.807) is 10.6 Å². The number of aromatic nitrogens is 1. The molecule has 0 aliphatic carbocycles. The summed E-state index contributed by atoms with van der Waals surface area (Å²) in [5.41, 5.74) is 2.41. The van der Waals surface area contributed by atoms with E-state index in [0.717, 1.165) is 30.3 Å². The number of benzene rings is 2. The van der Waals surface area contributed by atoms with Gasteiger partial charge in [0.15, 0.2) is 0 Å². The van der Waals surface area contributed by atoms with Crippen LogP contribution in [0.1, 0.15) is 27.9 Å². The Morgan fingerprint density at radius 3 is 2.73 bits per heavy atom. The average molecular weight is 348 g/mol. The standard InChI is InChI=1S/C21H20N2O3/c24-19-16-10-4-9-15-11-13-23(18(15)16)21(26)17(19)20(25)22-12-5-8-14-6-2-1-3-7-14/h1-4,6-7,9-10,24H,5,8,11-13H2,(H,22,25). The Hall–Kier alpha value is -3.08. The van der Waals surface area contributed by atoms with Crippen LogP contribution in [0.2, 0.25) is 0 Å². The number of carbonyl (C=O) groups is 1. The lowest BCUT2D eigenvalue weighted by Gasteiger charge is -2.11. The van der Waals surface area contributed by atoms with E-state index in [9.17, 15) is 14.7 Å². The van der Waals surface area contributed by atoms with Crippen molar-refractivity contribution in [2.24, 2.45) is 0 Å². The normalized spacial score (nSPS) is 12.5. The first-order valence-electron chi connectivity index (χ1n) is 8.86. The van der Waals surface area contributed by atoms with Crippen molar-refractivity contribution in [2.75, 3.05) is 6.54 Å². The smallest absolute Gasteiger partial charge is 0.267 e. The van der Waals surface area contributed by atoms with Crippen LogP contribution in [0.25, 0.3) is 10.9 Å². The van der Waals surface area contributed by atoms with Gasteiger partial charge in [-0.05, 0) is 36.5 Å². The molecule has 1 aromatic heterocycles. The maximum atomic E-state index is 12.7. The summed E-state index contributed by atoms with van der Waals surface area (Å²) in [6.45, 7) is 0.994. The third-order valence-electron chi connectivity index (χ3n) is 4.94. The van der Waals surface area contributed by atoms with E-state index in [1.807, 2.05) is 42.5 Å². The molecule has 1 aliphatic rings. The number of amides is 1. The molecule has 26 heavy (non-hydrogen) atoms. The lowest BCUT2D eigenvalue weighted by molar-refractivity contribution is 0.0948. The number of rotatable bonds is 5. The number of para-hydroxylation sites is 1. The summed E-state index contributed by atoms with van der Waals surface area (Å²) in [6, 6.07) is 15.6. The zero-order valence-corrected chi connectivity index (χ0v) is 14.4. The second-order valence-corrected chi connectivity index (χ2v) is 6.59. The minimum atomic E-state index is -0.511. The van der Waals surface area contributed by atoms with Crippen LogP contribution in [0, 0.1) is 0 Å². The summed E-state index contributed by atoms with van der Waals surface area (Å²) in [5.74, 6) is -0.728. The molecular weight excluding hydrogens is 328 g/mol. The fraction of sp³-hybridized carbons (Fsp3) is 0.238. The maximum Gasteiger partial charge on any atom is 0.267 e. The van der Waals surface area contributed by atoms with Crippen molar-refractivity contribution < 1.29 is 9.90 Å². The van der Waals surface area contributed by atoms with Crippen LogP contribution in [0.5, 0.6) is 5.75 Å². The average Bonchev–Trinajstić information content (AvgIpc) is 3.10. The quantitative estimate of drug-likeness (QED) is 0.696. The molecule has 2 aromatic carbocycles. The molecule has 5 nitrogen and oxygen atoms in total. The van der Waals surface area contributed by atoms with E-state index in [4.69, 9.17) is 0 Å². The third-order valence-corrected chi connectivity index (χ3v) is 4.94. The van der Waals surface area contributed by atoms with Crippen LogP contribution in [0.4, 0.5) is 0 Å². The van der Waals surface area contributed by atoms with Gasteiger partial charge < -0.3 is 15.0 Å². The van der Waals surface area contributed by atoms with Crippen LogP contribution in [0.15, 0.2) is 53.3 Å². The van der Waals surface area contributed by atoms with Crippen molar-refractivity contribution in [1.82, 2.24) is 9.88 Å². The van der Waals surface area contributed by atoms with Gasteiger partial charge >= 0.3 is 0 Å². The highest BCUT2D eigenvalue weighted by molar-refractivity contribution is 6.03. The summed E-state index contributed by atoms with van der Waals surface area (Å²) < 4.78 is 1.60. The highest BCUT2D eigenvalue weighted by Crippen LogP contribution is 2.31. The SMILES string of the molecule is O=C(NCCCc1ccccc1)c1c(O)c2cccc3c2n(c1=O)CC3. The highest BCUT2D eigenvalue weighted by Gasteiger charge is 2.25. The van der Waals surface area contributed by atoms with E-state index in [-0.39, 0.29) is 11.3 Å². The Bertz CT molecular complexity index is 1040. The molecule has 0 bridgehead atoms. The van der Waals surface area contributed by atoms with Gasteiger partial charge in [0.05, 0.1) is 5.52 Å². The number of hydrogen-bond acceptors (Lipinski definition) is 3. The largest absolute Gasteiger partial charge is 0.506 e. The molecule has 0 saturated carbocycles. The molecular formula is C21H20N2O3. The number of nitrogens with zero attached hydrogens (tertiary/aromatic N) is 1. The minimum absolute atomic E-state index is 0.156. The predicted molar refractivity (Wildman–Crippen MR) is 101 cm³/mol. The van der Waals surface area contributed by atoms with Gasteiger partial charge in [-0.2, -0.15) is 0 Å². The van der Waals surface area contributed by atoms with E-state index >= 15 is 0 Å². The van der Waals surface area contributed by atoms with Gasteiger partial charge in [0.25, 0.3) is 11.5 Å². The third kappa shape index (κ3) is 2.75. The van der Waals surface area contributed by atoms with Crippen LogP contribution < -0.4 is 10.9 Å². The zero-order chi connectivity index (χ0) is 18.1. The van der Waals surface area contributed by atoms with Gasteiger partial charge in [-0.3, -0.25) is 9.59 Å². The number of hydrogen-bond donors (Lipinski definition) is 2. The first-order chi connectivity index (χ1) is 12.7. The first kappa shape index (κ1) is 16.4. The molecule has 0 spiro atoms. The molecule has 3 aromatic rings. The fourth-order valence-corrected chi connectivity index (χ4v) is 3.65.